The minimum absolute atomic E-state index is 0.0327. The lowest BCUT2D eigenvalue weighted by Crippen LogP contribution is -2.30. The van der Waals surface area contributed by atoms with Crippen LogP contribution in [0.15, 0.2) is 78.9 Å². The molecular weight excluding hydrogens is 342 g/mol. The van der Waals surface area contributed by atoms with E-state index >= 15 is 0 Å². The number of carboxylic acid groups (broad SMARTS) is 1. The number of carbonyl (C=O) groups excluding carboxylic acids is 1. The summed E-state index contributed by atoms with van der Waals surface area (Å²) in [6.07, 6.45) is -0.783. The molecule has 27 heavy (non-hydrogen) atoms. The van der Waals surface area contributed by atoms with Gasteiger partial charge < -0.3 is 15.2 Å². The molecule has 5 heteroatoms. The maximum Gasteiger partial charge on any atom is 0.337 e. The van der Waals surface area contributed by atoms with Crippen LogP contribution in [-0.2, 0) is 4.79 Å². The first-order chi connectivity index (χ1) is 13.0. The van der Waals surface area contributed by atoms with E-state index in [4.69, 9.17) is 4.74 Å². The Hall–Kier alpha value is -3.60. The summed E-state index contributed by atoms with van der Waals surface area (Å²) in [4.78, 5) is 23.6. The highest BCUT2D eigenvalue weighted by Gasteiger charge is 2.18. The molecule has 5 nitrogen and oxygen atoms in total. The highest BCUT2D eigenvalue weighted by atomic mass is 16.5. The minimum atomic E-state index is -1.10. The molecule has 136 valence electrons. The van der Waals surface area contributed by atoms with Crippen LogP contribution in [0.2, 0.25) is 0 Å². The van der Waals surface area contributed by atoms with Crippen LogP contribution in [-0.4, -0.2) is 23.1 Å². The van der Waals surface area contributed by atoms with Gasteiger partial charge in [0, 0.05) is 0 Å². The van der Waals surface area contributed by atoms with Crippen molar-refractivity contribution in [3.63, 3.8) is 0 Å². The number of carbonyl (C=O) groups is 2. The first-order valence-electron chi connectivity index (χ1n) is 8.50. The number of para-hydroxylation sites is 1. The fourth-order valence-corrected chi connectivity index (χ4v) is 2.63. The maximum absolute atomic E-state index is 12.4. The van der Waals surface area contributed by atoms with Crippen molar-refractivity contribution in [3.8, 4) is 16.9 Å². The second-order valence-electron chi connectivity index (χ2n) is 5.99. The molecule has 0 bridgehead atoms. The molecule has 3 aromatic rings. The summed E-state index contributed by atoms with van der Waals surface area (Å²) in [6.45, 7) is 1.61. The second-order valence-corrected chi connectivity index (χ2v) is 5.99. The highest BCUT2D eigenvalue weighted by molar-refractivity contribution is 6.01. The van der Waals surface area contributed by atoms with Crippen molar-refractivity contribution < 1.29 is 19.4 Å². The predicted octanol–water partition coefficient (Wildman–Crippen LogP) is 4.46. The summed E-state index contributed by atoms with van der Waals surface area (Å²) in [5, 5.41) is 11.8. The van der Waals surface area contributed by atoms with Gasteiger partial charge in [-0.2, -0.15) is 0 Å². The van der Waals surface area contributed by atoms with Gasteiger partial charge in [-0.05, 0) is 42.3 Å². The molecule has 0 saturated heterocycles. The zero-order valence-electron chi connectivity index (χ0n) is 14.8. The van der Waals surface area contributed by atoms with Crippen LogP contribution >= 0.6 is 0 Å². The van der Waals surface area contributed by atoms with Crippen LogP contribution in [0.4, 0.5) is 5.69 Å². The van der Waals surface area contributed by atoms with E-state index in [9.17, 15) is 14.7 Å². The molecule has 1 amide bonds. The molecule has 3 rings (SSSR count). The van der Waals surface area contributed by atoms with Crippen molar-refractivity contribution in [2.75, 3.05) is 5.32 Å². The summed E-state index contributed by atoms with van der Waals surface area (Å²) >= 11 is 0. The SMILES string of the molecule is C[C@H](Oc1ccc(-c2ccccc2)cc1)C(=O)Nc1ccccc1C(=O)O. The van der Waals surface area contributed by atoms with E-state index in [-0.39, 0.29) is 11.3 Å². The maximum atomic E-state index is 12.4. The fourth-order valence-electron chi connectivity index (χ4n) is 2.63. The van der Waals surface area contributed by atoms with E-state index in [0.717, 1.165) is 11.1 Å². The van der Waals surface area contributed by atoms with Gasteiger partial charge in [-0.15, -0.1) is 0 Å². The van der Waals surface area contributed by atoms with Gasteiger partial charge in [-0.1, -0.05) is 54.6 Å². The van der Waals surface area contributed by atoms with Crippen molar-refractivity contribution in [1.82, 2.24) is 0 Å². The van der Waals surface area contributed by atoms with Crippen LogP contribution in [0, 0.1) is 0 Å². The molecule has 0 aliphatic heterocycles. The standard InChI is InChI=1S/C22H19NO4/c1-15(21(24)23-20-10-6-5-9-19(20)22(25)26)27-18-13-11-17(12-14-18)16-7-3-2-4-8-16/h2-15H,1H3,(H,23,24)(H,25,26)/t15-/m0/s1. The number of carboxylic acids is 1. The molecule has 0 saturated carbocycles. The van der Waals surface area contributed by atoms with E-state index in [1.54, 1.807) is 37.3 Å². The Kier molecular flexibility index (Phi) is 5.52. The van der Waals surface area contributed by atoms with E-state index in [0.29, 0.717) is 5.75 Å². The van der Waals surface area contributed by atoms with Crippen molar-refractivity contribution in [1.29, 1.82) is 0 Å². The van der Waals surface area contributed by atoms with Gasteiger partial charge in [0.2, 0.25) is 0 Å². The van der Waals surface area contributed by atoms with Crippen molar-refractivity contribution >= 4 is 17.6 Å². The third-order valence-corrected chi connectivity index (χ3v) is 4.06. The van der Waals surface area contributed by atoms with E-state index in [1.165, 1.54) is 6.07 Å². The van der Waals surface area contributed by atoms with Crippen LogP contribution < -0.4 is 10.1 Å². The lowest BCUT2D eigenvalue weighted by Gasteiger charge is -2.16. The Balaban J connectivity index is 1.66. The molecular formula is C22H19NO4. The Bertz CT molecular complexity index is 936. The number of nitrogens with one attached hydrogen (secondary N) is 1. The number of benzene rings is 3. The minimum Gasteiger partial charge on any atom is -0.481 e. The van der Waals surface area contributed by atoms with Crippen LogP contribution in [0.1, 0.15) is 17.3 Å². The number of amides is 1. The van der Waals surface area contributed by atoms with Crippen LogP contribution in [0.25, 0.3) is 11.1 Å². The molecule has 0 aliphatic carbocycles. The quantitative estimate of drug-likeness (QED) is 0.680. The molecule has 0 aliphatic rings. The topological polar surface area (TPSA) is 75.6 Å². The summed E-state index contributed by atoms with van der Waals surface area (Å²) in [6, 6.07) is 23.7. The lowest BCUT2D eigenvalue weighted by molar-refractivity contribution is -0.122. The fraction of sp³-hybridized carbons (Fsp3) is 0.0909. The van der Waals surface area contributed by atoms with Crippen molar-refractivity contribution in [2.45, 2.75) is 13.0 Å². The zero-order valence-corrected chi connectivity index (χ0v) is 14.8. The van der Waals surface area contributed by atoms with Gasteiger partial charge in [0.05, 0.1) is 11.3 Å². The average Bonchev–Trinajstić information content (AvgIpc) is 2.69. The third kappa shape index (κ3) is 4.52. The van der Waals surface area contributed by atoms with Crippen LogP contribution in [0.3, 0.4) is 0 Å². The van der Waals surface area contributed by atoms with E-state index in [1.807, 2.05) is 42.5 Å². The van der Waals surface area contributed by atoms with E-state index < -0.39 is 18.0 Å². The molecule has 0 radical (unpaired) electrons. The predicted molar refractivity (Wildman–Crippen MR) is 104 cm³/mol. The second kappa shape index (κ2) is 8.19. The van der Waals surface area contributed by atoms with Gasteiger partial charge in [0.15, 0.2) is 6.10 Å². The lowest BCUT2D eigenvalue weighted by atomic mass is 10.1. The van der Waals surface area contributed by atoms with Gasteiger partial charge in [-0.25, -0.2) is 4.79 Å². The molecule has 0 unspecified atom stereocenters. The number of anilines is 1. The Morgan fingerprint density at radius 2 is 1.44 bits per heavy atom. The van der Waals surface area contributed by atoms with E-state index in [2.05, 4.69) is 5.32 Å². The summed E-state index contributed by atoms with van der Waals surface area (Å²) < 4.78 is 5.68. The Morgan fingerprint density at radius 3 is 2.11 bits per heavy atom. The van der Waals surface area contributed by atoms with Crippen molar-refractivity contribution in [2.24, 2.45) is 0 Å². The normalized spacial score (nSPS) is 11.4. The molecule has 1 atom stereocenters. The van der Waals surface area contributed by atoms with Gasteiger partial charge in [0.25, 0.3) is 5.91 Å². The van der Waals surface area contributed by atoms with Gasteiger partial charge in [-0.3, -0.25) is 4.79 Å². The number of hydrogen-bond donors (Lipinski definition) is 2. The zero-order chi connectivity index (χ0) is 19.2. The molecule has 0 spiro atoms. The molecule has 0 fully saturated rings. The number of ether oxygens (including phenoxy) is 1. The smallest absolute Gasteiger partial charge is 0.337 e. The summed E-state index contributed by atoms with van der Waals surface area (Å²) in [7, 11) is 0. The van der Waals surface area contributed by atoms with Crippen molar-refractivity contribution in [3.05, 3.63) is 84.4 Å². The largest absolute Gasteiger partial charge is 0.481 e. The molecule has 3 aromatic carbocycles. The summed E-state index contributed by atoms with van der Waals surface area (Å²) in [5.74, 6) is -0.962. The first kappa shape index (κ1) is 18.2. The number of rotatable bonds is 6. The summed E-state index contributed by atoms with van der Waals surface area (Å²) in [5.41, 5.74) is 2.42. The average molecular weight is 361 g/mol. The third-order valence-electron chi connectivity index (χ3n) is 4.06. The molecule has 0 aromatic heterocycles. The Labute approximate surface area is 157 Å². The van der Waals surface area contributed by atoms with Crippen LogP contribution in [0.5, 0.6) is 5.75 Å². The number of aromatic carboxylic acids is 1. The first-order valence-corrected chi connectivity index (χ1v) is 8.50. The number of hydrogen-bond acceptors (Lipinski definition) is 3. The monoisotopic (exact) mass is 361 g/mol. The molecule has 2 N–H and O–H groups in total. The van der Waals surface area contributed by atoms with Gasteiger partial charge in [0.1, 0.15) is 5.75 Å². The molecule has 0 heterocycles. The Morgan fingerprint density at radius 1 is 0.852 bits per heavy atom. The van der Waals surface area contributed by atoms with Gasteiger partial charge >= 0.3 is 5.97 Å². The highest BCUT2D eigenvalue weighted by Crippen LogP contribution is 2.23.